The Labute approximate surface area is 122 Å². The van der Waals surface area contributed by atoms with Gasteiger partial charge < -0.3 is 5.32 Å². The lowest BCUT2D eigenvalue weighted by molar-refractivity contribution is 0.392. The second-order valence-corrected chi connectivity index (χ2v) is 7.67. The van der Waals surface area contributed by atoms with E-state index in [1.165, 1.54) is 17.1 Å². The summed E-state index contributed by atoms with van der Waals surface area (Å²) in [6.07, 6.45) is 4.18. The molecule has 0 amide bonds. The van der Waals surface area contributed by atoms with Gasteiger partial charge in [-0.2, -0.15) is 0 Å². The van der Waals surface area contributed by atoms with Gasteiger partial charge in [0.15, 0.2) is 0 Å². The van der Waals surface area contributed by atoms with Gasteiger partial charge in [-0.3, -0.25) is 4.31 Å². The van der Waals surface area contributed by atoms with Crippen LogP contribution in [0.5, 0.6) is 0 Å². The molecule has 0 radical (unpaired) electrons. The molecule has 1 heterocycles. The highest BCUT2D eigenvalue weighted by atomic mass is 32.2. The molecule has 20 heavy (non-hydrogen) atoms. The van der Waals surface area contributed by atoms with Gasteiger partial charge in [-0.1, -0.05) is 24.1 Å². The number of benzene rings is 1. The molecule has 1 aromatic carbocycles. The maximum Gasteiger partial charge on any atom is 0.234 e. The van der Waals surface area contributed by atoms with Crippen molar-refractivity contribution in [1.29, 1.82) is 0 Å². The first-order valence-corrected chi connectivity index (χ1v) is 8.86. The van der Waals surface area contributed by atoms with Crippen molar-refractivity contribution >= 4 is 15.7 Å². The van der Waals surface area contributed by atoms with Crippen LogP contribution in [0.4, 0.5) is 5.69 Å². The minimum Gasteiger partial charge on any atom is -0.314 e. The molecule has 1 aliphatic rings. The van der Waals surface area contributed by atoms with Crippen molar-refractivity contribution in [2.24, 2.45) is 0 Å². The normalized spacial score (nSPS) is 19.8. The summed E-state index contributed by atoms with van der Waals surface area (Å²) in [5.74, 6) is 0.203. The first-order valence-electron chi connectivity index (χ1n) is 7.26. The van der Waals surface area contributed by atoms with Gasteiger partial charge in [-0.25, -0.2) is 8.42 Å². The van der Waals surface area contributed by atoms with E-state index in [0.29, 0.717) is 12.5 Å². The summed E-state index contributed by atoms with van der Waals surface area (Å²) in [4.78, 5) is 0. The van der Waals surface area contributed by atoms with Crippen LogP contribution in [-0.2, 0) is 10.0 Å². The Bertz CT molecular complexity index is 519. The van der Waals surface area contributed by atoms with Crippen LogP contribution < -0.4 is 9.62 Å². The van der Waals surface area contributed by atoms with Crippen LogP contribution in [0.15, 0.2) is 24.3 Å². The van der Waals surface area contributed by atoms with Crippen LogP contribution in [0, 0.1) is 6.92 Å². The molecule has 1 atom stereocenters. The van der Waals surface area contributed by atoms with E-state index in [1.807, 2.05) is 31.2 Å². The average molecular weight is 296 g/mol. The number of rotatable bonds is 5. The molecule has 2 rings (SSSR count). The summed E-state index contributed by atoms with van der Waals surface area (Å²) in [6.45, 7) is 3.01. The number of nitrogens with zero attached hydrogens (tertiary/aromatic N) is 1. The van der Waals surface area contributed by atoms with Gasteiger partial charge in [0, 0.05) is 13.1 Å². The molecule has 0 saturated carbocycles. The quantitative estimate of drug-likeness (QED) is 0.907. The highest BCUT2D eigenvalue weighted by Crippen LogP contribution is 2.19. The van der Waals surface area contributed by atoms with Gasteiger partial charge in [0.1, 0.15) is 0 Å². The zero-order chi connectivity index (χ0) is 14.6. The molecular weight excluding hydrogens is 272 g/mol. The molecule has 5 heteroatoms. The number of nitrogens with one attached hydrogen (secondary N) is 1. The summed E-state index contributed by atoms with van der Waals surface area (Å²) in [7, 11) is -1.60. The van der Waals surface area contributed by atoms with E-state index in [-0.39, 0.29) is 5.75 Å². The Morgan fingerprint density at radius 3 is 2.55 bits per heavy atom. The van der Waals surface area contributed by atoms with E-state index >= 15 is 0 Å². The molecule has 112 valence electrons. The molecule has 0 bridgehead atoms. The van der Waals surface area contributed by atoms with E-state index in [9.17, 15) is 8.42 Å². The molecule has 1 unspecified atom stereocenters. The van der Waals surface area contributed by atoms with Gasteiger partial charge in [0.2, 0.25) is 10.0 Å². The average Bonchev–Trinajstić information content (AvgIpc) is 2.46. The molecule has 0 spiro atoms. The van der Waals surface area contributed by atoms with E-state index in [1.54, 1.807) is 7.05 Å². The van der Waals surface area contributed by atoms with Gasteiger partial charge in [-0.15, -0.1) is 0 Å². The maximum absolute atomic E-state index is 12.4. The predicted molar refractivity (Wildman–Crippen MR) is 83.6 cm³/mol. The van der Waals surface area contributed by atoms with Crippen molar-refractivity contribution < 1.29 is 8.42 Å². The van der Waals surface area contributed by atoms with E-state index in [0.717, 1.165) is 24.2 Å². The summed E-state index contributed by atoms with van der Waals surface area (Å²) >= 11 is 0. The first-order chi connectivity index (χ1) is 9.49. The summed E-state index contributed by atoms with van der Waals surface area (Å²) < 4.78 is 26.1. The largest absolute Gasteiger partial charge is 0.314 e. The van der Waals surface area contributed by atoms with Crippen LogP contribution >= 0.6 is 0 Å². The maximum atomic E-state index is 12.4. The second-order valence-electron chi connectivity index (χ2n) is 5.55. The topological polar surface area (TPSA) is 49.4 Å². The molecule has 0 aromatic heterocycles. The molecule has 1 N–H and O–H groups in total. The van der Waals surface area contributed by atoms with E-state index in [4.69, 9.17) is 0 Å². The summed E-state index contributed by atoms with van der Waals surface area (Å²) in [6, 6.07) is 7.93. The molecule has 1 aromatic rings. The van der Waals surface area contributed by atoms with Crippen LogP contribution in [-0.4, -0.2) is 33.8 Å². The lowest BCUT2D eigenvalue weighted by Gasteiger charge is -2.25. The Balaban J connectivity index is 1.96. The molecule has 0 aliphatic carbocycles. The van der Waals surface area contributed by atoms with Crippen molar-refractivity contribution in [3.05, 3.63) is 29.8 Å². The lowest BCUT2D eigenvalue weighted by Crippen LogP contribution is -2.37. The number of anilines is 1. The van der Waals surface area contributed by atoms with Crippen LogP contribution in [0.25, 0.3) is 0 Å². The first kappa shape index (κ1) is 15.3. The standard InChI is InChI=1S/C15H24N2O2S/c1-13-6-8-15(9-7-13)17(2)20(18,19)12-10-14-5-3-4-11-16-14/h6-9,14,16H,3-5,10-12H2,1-2H3. The number of piperidine rings is 1. The molecule has 4 nitrogen and oxygen atoms in total. The van der Waals surface area contributed by atoms with Crippen molar-refractivity contribution in [2.45, 2.75) is 38.6 Å². The van der Waals surface area contributed by atoms with Crippen LogP contribution in [0.3, 0.4) is 0 Å². The van der Waals surface area contributed by atoms with E-state index < -0.39 is 10.0 Å². The summed E-state index contributed by atoms with van der Waals surface area (Å²) in [5.41, 5.74) is 1.86. The Morgan fingerprint density at radius 1 is 1.25 bits per heavy atom. The number of sulfonamides is 1. The fraction of sp³-hybridized carbons (Fsp3) is 0.600. The van der Waals surface area contributed by atoms with Crippen molar-refractivity contribution in [3.63, 3.8) is 0 Å². The predicted octanol–water partition coefficient (Wildman–Crippen LogP) is 2.29. The third-order valence-corrected chi connectivity index (χ3v) is 5.75. The molecule has 1 saturated heterocycles. The van der Waals surface area contributed by atoms with Gasteiger partial charge in [0.05, 0.1) is 11.4 Å². The third kappa shape index (κ3) is 3.96. The number of hydrogen-bond acceptors (Lipinski definition) is 3. The van der Waals surface area contributed by atoms with Crippen LogP contribution in [0.1, 0.15) is 31.2 Å². The van der Waals surface area contributed by atoms with Gasteiger partial charge in [0.25, 0.3) is 0 Å². The zero-order valence-corrected chi connectivity index (χ0v) is 13.1. The molecular formula is C15H24N2O2S. The highest BCUT2D eigenvalue weighted by Gasteiger charge is 2.21. The van der Waals surface area contributed by atoms with Gasteiger partial charge in [-0.05, 0) is 44.9 Å². The lowest BCUT2D eigenvalue weighted by atomic mass is 10.0. The minimum atomic E-state index is -3.23. The smallest absolute Gasteiger partial charge is 0.234 e. The van der Waals surface area contributed by atoms with Crippen molar-refractivity contribution in [1.82, 2.24) is 5.32 Å². The second kappa shape index (κ2) is 6.59. The number of aryl methyl sites for hydroxylation is 1. The monoisotopic (exact) mass is 296 g/mol. The highest BCUT2D eigenvalue weighted by molar-refractivity contribution is 7.92. The fourth-order valence-electron chi connectivity index (χ4n) is 2.51. The van der Waals surface area contributed by atoms with Crippen LogP contribution in [0.2, 0.25) is 0 Å². The van der Waals surface area contributed by atoms with Crippen molar-refractivity contribution in [2.75, 3.05) is 23.7 Å². The van der Waals surface area contributed by atoms with Crippen molar-refractivity contribution in [3.8, 4) is 0 Å². The Hall–Kier alpha value is -1.07. The molecule has 1 fully saturated rings. The number of hydrogen-bond donors (Lipinski definition) is 1. The summed E-state index contributed by atoms with van der Waals surface area (Å²) in [5, 5.41) is 3.39. The van der Waals surface area contributed by atoms with E-state index in [2.05, 4.69) is 5.32 Å². The Kier molecular flexibility index (Phi) is 5.05. The Morgan fingerprint density at radius 2 is 1.95 bits per heavy atom. The van der Waals surface area contributed by atoms with Gasteiger partial charge >= 0.3 is 0 Å². The SMILES string of the molecule is Cc1ccc(N(C)S(=O)(=O)CCC2CCCCN2)cc1. The fourth-order valence-corrected chi connectivity index (χ4v) is 3.81. The zero-order valence-electron chi connectivity index (χ0n) is 12.3. The molecule has 1 aliphatic heterocycles. The third-order valence-electron chi connectivity index (χ3n) is 3.95. The minimum absolute atomic E-state index is 0.203.